The maximum atomic E-state index is 5.44. The number of nitrogens with zero attached hydrogens (tertiary/aromatic N) is 1. The number of hydrogen-bond acceptors (Lipinski definition) is 1. The van der Waals surface area contributed by atoms with Gasteiger partial charge in [0, 0.05) is 6.61 Å². The van der Waals surface area contributed by atoms with Gasteiger partial charge in [-0.05, 0) is 19.8 Å². The third-order valence-electron chi connectivity index (χ3n) is 2.79. The second kappa shape index (κ2) is 8.25. The molecule has 0 radical (unpaired) electrons. The van der Waals surface area contributed by atoms with Gasteiger partial charge >= 0.3 is 0 Å². The van der Waals surface area contributed by atoms with Crippen LogP contribution in [0.1, 0.15) is 40.0 Å². The summed E-state index contributed by atoms with van der Waals surface area (Å²) in [4.78, 5) is 0. The largest absolute Gasteiger partial charge is 0.376 e. The number of likely N-dealkylation sites (N-methyl/N-ethyl adjacent to an activating group) is 1. The van der Waals surface area contributed by atoms with Gasteiger partial charge in [0.2, 0.25) is 0 Å². The van der Waals surface area contributed by atoms with Crippen molar-refractivity contribution in [1.82, 2.24) is 0 Å². The fourth-order valence-electron chi connectivity index (χ4n) is 1.84. The summed E-state index contributed by atoms with van der Waals surface area (Å²) in [5.74, 6) is 0. The highest BCUT2D eigenvalue weighted by atomic mass is 16.5. The zero-order chi connectivity index (χ0) is 10.9. The lowest BCUT2D eigenvalue weighted by Gasteiger charge is -2.34. The molecule has 0 heterocycles. The van der Waals surface area contributed by atoms with E-state index in [2.05, 4.69) is 27.8 Å². The first-order valence-electron chi connectivity index (χ1n) is 6.09. The first kappa shape index (κ1) is 13.9. The molecule has 2 heteroatoms. The number of unbranched alkanes of at least 4 members (excludes halogenated alkanes) is 1. The Labute approximate surface area is 89.8 Å². The van der Waals surface area contributed by atoms with E-state index in [1.165, 1.54) is 43.4 Å². The monoisotopic (exact) mass is 202 g/mol. The molecule has 86 valence electrons. The van der Waals surface area contributed by atoms with E-state index < -0.39 is 0 Å². The van der Waals surface area contributed by atoms with Crippen LogP contribution >= 0.6 is 0 Å². The van der Waals surface area contributed by atoms with E-state index in [0.717, 1.165) is 13.2 Å². The predicted octanol–water partition coefficient (Wildman–Crippen LogP) is 2.68. The third-order valence-corrected chi connectivity index (χ3v) is 2.79. The molecule has 0 saturated carbocycles. The van der Waals surface area contributed by atoms with E-state index in [-0.39, 0.29) is 0 Å². The van der Waals surface area contributed by atoms with Crippen LogP contribution < -0.4 is 0 Å². The van der Waals surface area contributed by atoms with Crippen molar-refractivity contribution >= 4 is 0 Å². The Hall–Kier alpha value is -0.0800. The maximum absolute atomic E-state index is 5.44. The third kappa shape index (κ3) is 6.39. The molecule has 1 unspecified atom stereocenters. The minimum atomic E-state index is 0.847. The summed E-state index contributed by atoms with van der Waals surface area (Å²) in [6.07, 6.45) is 3.90. The number of ether oxygens (including phenoxy) is 1. The van der Waals surface area contributed by atoms with E-state index in [0.29, 0.717) is 0 Å². The molecule has 0 bridgehead atoms. The van der Waals surface area contributed by atoms with Crippen LogP contribution in [-0.4, -0.2) is 44.4 Å². The Balaban J connectivity index is 3.82. The summed E-state index contributed by atoms with van der Waals surface area (Å²) in [6.45, 7) is 12.1. The first-order valence-corrected chi connectivity index (χ1v) is 6.09. The second-order valence-corrected chi connectivity index (χ2v) is 4.34. The molecule has 0 aliphatic rings. The van der Waals surface area contributed by atoms with E-state index in [4.69, 9.17) is 4.74 Å². The molecule has 0 aromatic carbocycles. The van der Waals surface area contributed by atoms with Gasteiger partial charge in [0.15, 0.2) is 0 Å². The van der Waals surface area contributed by atoms with Crippen LogP contribution in [0.5, 0.6) is 0 Å². The van der Waals surface area contributed by atoms with Gasteiger partial charge in [0.25, 0.3) is 0 Å². The molecular weight excluding hydrogens is 174 g/mol. The quantitative estimate of drug-likeness (QED) is 0.412. The Morgan fingerprint density at radius 1 is 0.929 bits per heavy atom. The van der Waals surface area contributed by atoms with Crippen molar-refractivity contribution in [3.63, 3.8) is 0 Å². The highest BCUT2D eigenvalue weighted by Crippen LogP contribution is 2.07. The van der Waals surface area contributed by atoms with Gasteiger partial charge in [-0.1, -0.05) is 20.3 Å². The van der Waals surface area contributed by atoms with Gasteiger partial charge in [0.05, 0.1) is 26.7 Å². The summed E-state index contributed by atoms with van der Waals surface area (Å²) >= 11 is 0. The van der Waals surface area contributed by atoms with E-state index in [1.807, 2.05) is 0 Å². The van der Waals surface area contributed by atoms with Crippen molar-refractivity contribution in [3.05, 3.63) is 0 Å². The van der Waals surface area contributed by atoms with E-state index in [1.54, 1.807) is 0 Å². The zero-order valence-corrected chi connectivity index (χ0v) is 10.5. The lowest BCUT2D eigenvalue weighted by molar-refractivity contribution is -0.910. The minimum absolute atomic E-state index is 0.847. The average Bonchev–Trinajstić information content (AvgIpc) is 2.16. The number of rotatable bonds is 9. The Bertz CT molecular complexity index is 127. The molecule has 0 spiro atoms. The summed E-state index contributed by atoms with van der Waals surface area (Å²) < 4.78 is 6.62. The Morgan fingerprint density at radius 3 is 2.14 bits per heavy atom. The topological polar surface area (TPSA) is 9.23 Å². The summed E-state index contributed by atoms with van der Waals surface area (Å²) in [6, 6.07) is 0. The Morgan fingerprint density at radius 2 is 1.64 bits per heavy atom. The SMILES string of the molecule is CCCC[N+](C)(CCC)CCOCC. The second-order valence-electron chi connectivity index (χ2n) is 4.34. The lowest BCUT2D eigenvalue weighted by Crippen LogP contribution is -2.47. The molecule has 0 aliphatic carbocycles. The van der Waals surface area contributed by atoms with Crippen LogP contribution in [0.4, 0.5) is 0 Å². The van der Waals surface area contributed by atoms with Gasteiger partial charge in [-0.2, -0.15) is 0 Å². The van der Waals surface area contributed by atoms with Gasteiger partial charge in [-0.3, -0.25) is 0 Å². The molecular formula is C12H28NO+. The van der Waals surface area contributed by atoms with Gasteiger partial charge in [-0.25, -0.2) is 0 Å². The first-order chi connectivity index (χ1) is 6.68. The molecule has 0 aliphatic heterocycles. The Kier molecular flexibility index (Phi) is 8.20. The summed E-state index contributed by atoms with van der Waals surface area (Å²) in [5.41, 5.74) is 0. The number of quaternary nitrogens is 1. The van der Waals surface area contributed by atoms with Gasteiger partial charge < -0.3 is 9.22 Å². The van der Waals surface area contributed by atoms with Crippen LogP contribution in [0.25, 0.3) is 0 Å². The van der Waals surface area contributed by atoms with Crippen LogP contribution in [0.15, 0.2) is 0 Å². The smallest absolute Gasteiger partial charge is 0.102 e. The minimum Gasteiger partial charge on any atom is -0.376 e. The fourth-order valence-corrected chi connectivity index (χ4v) is 1.84. The maximum Gasteiger partial charge on any atom is 0.102 e. The summed E-state index contributed by atoms with van der Waals surface area (Å²) in [5, 5.41) is 0. The molecule has 0 amide bonds. The van der Waals surface area contributed by atoms with Crippen molar-refractivity contribution in [3.8, 4) is 0 Å². The fraction of sp³-hybridized carbons (Fsp3) is 1.00. The molecule has 0 aromatic heterocycles. The molecule has 0 N–H and O–H groups in total. The van der Waals surface area contributed by atoms with Crippen LogP contribution in [0.3, 0.4) is 0 Å². The predicted molar refractivity (Wildman–Crippen MR) is 62.5 cm³/mol. The highest BCUT2D eigenvalue weighted by molar-refractivity contribution is 4.41. The van der Waals surface area contributed by atoms with Crippen molar-refractivity contribution in [2.75, 3.05) is 39.9 Å². The normalized spacial score (nSPS) is 15.4. The van der Waals surface area contributed by atoms with Gasteiger partial charge in [0.1, 0.15) is 6.54 Å². The van der Waals surface area contributed by atoms with Crippen LogP contribution in [0.2, 0.25) is 0 Å². The van der Waals surface area contributed by atoms with Crippen LogP contribution in [-0.2, 0) is 4.74 Å². The standard InChI is InChI=1S/C12H28NO/c1-5-8-10-13(4,9-6-2)11-12-14-7-3/h5-12H2,1-4H3/q+1. The molecule has 1 atom stereocenters. The number of hydrogen-bond donors (Lipinski definition) is 0. The zero-order valence-electron chi connectivity index (χ0n) is 10.5. The van der Waals surface area contributed by atoms with Gasteiger partial charge in [-0.15, -0.1) is 0 Å². The summed E-state index contributed by atoms with van der Waals surface area (Å²) in [7, 11) is 2.36. The van der Waals surface area contributed by atoms with Crippen molar-refractivity contribution < 1.29 is 9.22 Å². The van der Waals surface area contributed by atoms with Crippen molar-refractivity contribution in [2.45, 2.75) is 40.0 Å². The molecule has 0 fully saturated rings. The van der Waals surface area contributed by atoms with Crippen molar-refractivity contribution in [2.24, 2.45) is 0 Å². The molecule has 2 nitrogen and oxygen atoms in total. The van der Waals surface area contributed by atoms with E-state index in [9.17, 15) is 0 Å². The lowest BCUT2D eigenvalue weighted by atomic mass is 10.2. The average molecular weight is 202 g/mol. The molecule has 0 saturated heterocycles. The van der Waals surface area contributed by atoms with Crippen molar-refractivity contribution in [1.29, 1.82) is 0 Å². The van der Waals surface area contributed by atoms with E-state index >= 15 is 0 Å². The van der Waals surface area contributed by atoms with Crippen LogP contribution in [0, 0.1) is 0 Å². The molecule has 0 rings (SSSR count). The molecule has 0 aromatic rings. The molecule has 14 heavy (non-hydrogen) atoms. The highest BCUT2D eigenvalue weighted by Gasteiger charge is 2.18.